The van der Waals surface area contributed by atoms with Crippen molar-refractivity contribution >= 4 is 28.2 Å². The molecule has 0 aliphatic rings. The Labute approximate surface area is 146 Å². The van der Waals surface area contributed by atoms with Gasteiger partial charge in [0.1, 0.15) is 5.01 Å². The zero-order chi connectivity index (χ0) is 17.3. The smallest absolute Gasteiger partial charge is 0.231 e. The summed E-state index contributed by atoms with van der Waals surface area (Å²) in [4.78, 5) is 9.63. The molecule has 0 amide bonds. The van der Waals surface area contributed by atoms with Gasteiger partial charge in [-0.25, -0.2) is 14.3 Å². The molecule has 1 unspecified atom stereocenters. The molecular weight excluding hydrogens is 318 g/mol. The highest BCUT2D eigenvalue weighted by Crippen LogP contribution is 2.36. The van der Waals surface area contributed by atoms with Crippen LogP contribution in [0.1, 0.15) is 41.9 Å². The van der Waals surface area contributed by atoms with Crippen molar-refractivity contribution in [2.45, 2.75) is 40.2 Å². The van der Waals surface area contributed by atoms with Gasteiger partial charge in [0.25, 0.3) is 0 Å². The molecule has 3 rings (SSSR count). The summed E-state index contributed by atoms with van der Waals surface area (Å²) in [7, 11) is 0. The van der Waals surface area contributed by atoms with E-state index < -0.39 is 0 Å². The van der Waals surface area contributed by atoms with Crippen LogP contribution in [0.4, 0.5) is 11.4 Å². The van der Waals surface area contributed by atoms with Gasteiger partial charge in [-0.1, -0.05) is 13.8 Å². The molecule has 1 N–H and O–H groups in total. The first kappa shape index (κ1) is 16.5. The van der Waals surface area contributed by atoms with E-state index in [2.05, 4.69) is 36.0 Å². The van der Waals surface area contributed by atoms with Crippen LogP contribution in [0.5, 0.6) is 0 Å². The largest absolute Gasteiger partial charge is 0.383 e. The van der Waals surface area contributed by atoms with Crippen molar-refractivity contribution in [1.82, 2.24) is 14.6 Å². The van der Waals surface area contributed by atoms with Crippen LogP contribution < -0.4 is 5.32 Å². The minimum atomic E-state index is 0.0870. The number of thiazole rings is 1. The van der Waals surface area contributed by atoms with Crippen molar-refractivity contribution in [3.63, 3.8) is 0 Å². The summed E-state index contributed by atoms with van der Waals surface area (Å²) in [5, 5.41) is 8.95. The Hall–Kier alpha value is -2.39. The quantitative estimate of drug-likeness (QED) is 0.653. The van der Waals surface area contributed by atoms with E-state index in [9.17, 15) is 0 Å². The molecule has 1 atom stereocenters. The van der Waals surface area contributed by atoms with Crippen LogP contribution in [0.15, 0.2) is 24.5 Å². The lowest BCUT2D eigenvalue weighted by atomic mass is 10.0. The maximum atomic E-state index is 7.46. The van der Waals surface area contributed by atoms with Crippen LogP contribution in [-0.2, 0) is 0 Å². The number of fused-ring (bicyclic) bond motifs is 1. The van der Waals surface area contributed by atoms with Gasteiger partial charge in [0.2, 0.25) is 5.69 Å². The van der Waals surface area contributed by atoms with Gasteiger partial charge in [-0.15, -0.1) is 11.3 Å². The Morgan fingerprint density at radius 2 is 2.17 bits per heavy atom. The maximum Gasteiger partial charge on any atom is 0.231 e. The number of hydrogen-bond donors (Lipinski definition) is 1. The van der Waals surface area contributed by atoms with E-state index in [-0.39, 0.29) is 6.04 Å². The van der Waals surface area contributed by atoms with Gasteiger partial charge in [-0.05, 0) is 38.3 Å². The number of rotatable bonds is 5. The third-order valence-corrected chi connectivity index (χ3v) is 5.22. The van der Waals surface area contributed by atoms with Crippen molar-refractivity contribution in [2.24, 2.45) is 5.92 Å². The second kappa shape index (κ2) is 6.62. The summed E-state index contributed by atoms with van der Waals surface area (Å²) in [5.74, 6) is 0.521. The van der Waals surface area contributed by atoms with Crippen molar-refractivity contribution < 1.29 is 0 Å². The summed E-state index contributed by atoms with van der Waals surface area (Å²) in [5.41, 5.74) is 3.38. The normalized spacial score (nSPS) is 12.5. The Balaban J connectivity index is 2.04. The van der Waals surface area contributed by atoms with E-state index in [1.165, 1.54) is 4.88 Å². The minimum absolute atomic E-state index is 0.0870. The number of nitrogens with one attached hydrogen (secondary N) is 1. The van der Waals surface area contributed by atoms with Gasteiger partial charge in [-0.2, -0.15) is 5.10 Å². The third-order valence-electron chi connectivity index (χ3n) is 4.03. The van der Waals surface area contributed by atoms with Gasteiger partial charge in [-0.3, -0.25) is 0 Å². The fourth-order valence-electron chi connectivity index (χ4n) is 2.73. The standard InChI is InChI=1S/C18H21N5S/c1-11(2)9-14(18-21-12(3)13(4)24-18)22-17-15(19-5)10-20-23-8-6-7-16(17)23/h6-8,10-11,14,22H,9H2,1-4H3. The molecule has 0 aliphatic carbocycles. The van der Waals surface area contributed by atoms with Gasteiger partial charge in [0.05, 0.1) is 35.7 Å². The molecule has 5 nitrogen and oxygen atoms in total. The van der Waals surface area contributed by atoms with Gasteiger partial charge >= 0.3 is 0 Å². The number of aryl methyl sites for hydroxylation is 2. The van der Waals surface area contributed by atoms with Crippen molar-refractivity contribution in [2.75, 3.05) is 5.32 Å². The number of nitrogens with zero attached hydrogens (tertiary/aromatic N) is 4. The predicted octanol–water partition coefficient (Wildman–Crippen LogP) is 5.16. The third kappa shape index (κ3) is 3.13. The van der Waals surface area contributed by atoms with Crippen LogP contribution >= 0.6 is 11.3 Å². The molecule has 3 aromatic heterocycles. The predicted molar refractivity (Wildman–Crippen MR) is 98.9 cm³/mol. The molecule has 0 radical (unpaired) electrons. The Morgan fingerprint density at radius 3 is 2.79 bits per heavy atom. The Bertz CT molecular complexity index is 880. The highest BCUT2D eigenvalue weighted by molar-refractivity contribution is 7.11. The number of anilines is 1. The summed E-state index contributed by atoms with van der Waals surface area (Å²) >= 11 is 1.73. The average Bonchev–Trinajstić information content (AvgIpc) is 3.13. The fourth-order valence-corrected chi connectivity index (χ4v) is 3.72. The number of aromatic nitrogens is 3. The lowest BCUT2D eigenvalue weighted by Gasteiger charge is -2.21. The van der Waals surface area contributed by atoms with Gasteiger partial charge in [0.15, 0.2) is 0 Å². The highest BCUT2D eigenvalue weighted by Gasteiger charge is 2.21. The molecule has 6 heteroatoms. The molecule has 0 saturated heterocycles. The topological polar surface area (TPSA) is 46.6 Å². The van der Waals surface area contributed by atoms with Crippen molar-refractivity contribution in [1.29, 1.82) is 0 Å². The lowest BCUT2D eigenvalue weighted by molar-refractivity contribution is 0.529. The van der Waals surface area contributed by atoms with E-state index in [1.54, 1.807) is 22.0 Å². The van der Waals surface area contributed by atoms with Crippen molar-refractivity contribution in [3.8, 4) is 0 Å². The maximum absolute atomic E-state index is 7.46. The summed E-state index contributed by atoms with van der Waals surface area (Å²) in [6.07, 6.45) is 4.47. The summed E-state index contributed by atoms with van der Waals surface area (Å²) in [6, 6.07) is 4.01. The zero-order valence-corrected chi connectivity index (χ0v) is 15.2. The molecule has 0 spiro atoms. The van der Waals surface area contributed by atoms with E-state index in [0.717, 1.165) is 28.3 Å². The van der Waals surface area contributed by atoms with E-state index in [0.29, 0.717) is 11.6 Å². The highest BCUT2D eigenvalue weighted by atomic mass is 32.1. The van der Waals surface area contributed by atoms with Crippen LogP contribution in [-0.4, -0.2) is 14.6 Å². The van der Waals surface area contributed by atoms with E-state index >= 15 is 0 Å². The molecule has 3 heterocycles. The number of hydrogen-bond acceptors (Lipinski definition) is 4. The first-order valence-electron chi connectivity index (χ1n) is 8.04. The van der Waals surface area contributed by atoms with Crippen LogP contribution in [0.2, 0.25) is 0 Å². The van der Waals surface area contributed by atoms with Gasteiger partial charge in [0, 0.05) is 11.1 Å². The summed E-state index contributed by atoms with van der Waals surface area (Å²) < 4.78 is 1.79. The second-order valence-corrected chi connectivity index (χ2v) is 7.61. The first-order valence-corrected chi connectivity index (χ1v) is 8.85. The summed E-state index contributed by atoms with van der Waals surface area (Å²) in [6.45, 7) is 16.0. The minimum Gasteiger partial charge on any atom is -0.383 e. The average molecular weight is 339 g/mol. The molecular formula is C18H21N5S. The molecule has 0 bridgehead atoms. The Kier molecular flexibility index (Phi) is 4.54. The fraction of sp³-hybridized carbons (Fsp3) is 0.389. The van der Waals surface area contributed by atoms with Crippen molar-refractivity contribution in [3.05, 3.63) is 51.5 Å². The van der Waals surface area contributed by atoms with E-state index in [1.807, 2.05) is 25.3 Å². The zero-order valence-electron chi connectivity index (χ0n) is 14.4. The second-order valence-electron chi connectivity index (χ2n) is 6.37. The monoisotopic (exact) mass is 339 g/mol. The first-order chi connectivity index (χ1) is 11.5. The lowest BCUT2D eigenvalue weighted by Crippen LogP contribution is -2.14. The van der Waals surface area contributed by atoms with E-state index in [4.69, 9.17) is 11.6 Å². The Morgan fingerprint density at radius 1 is 1.38 bits per heavy atom. The molecule has 0 saturated carbocycles. The molecule has 24 heavy (non-hydrogen) atoms. The van der Waals surface area contributed by atoms with Gasteiger partial charge < -0.3 is 5.32 Å². The molecule has 0 aromatic carbocycles. The molecule has 3 aromatic rings. The molecule has 0 aliphatic heterocycles. The van der Waals surface area contributed by atoms with Crippen LogP contribution in [0.25, 0.3) is 10.4 Å². The van der Waals surface area contributed by atoms with Crippen LogP contribution in [0.3, 0.4) is 0 Å². The molecule has 124 valence electrons. The SMILES string of the molecule is [C-]#[N+]c1cnn2cccc2c1NC(CC(C)C)c1nc(C)c(C)s1. The molecule has 0 fully saturated rings. The van der Waals surface area contributed by atoms with Crippen LogP contribution in [0, 0.1) is 26.3 Å².